The molecule has 0 spiro atoms. The molecule has 11 fully saturated rings. The molecule has 3 amide bonds. The number of piperidine rings is 2. The van der Waals surface area contributed by atoms with Crippen LogP contribution in [0.2, 0.25) is 0 Å². The van der Waals surface area contributed by atoms with E-state index in [0.29, 0.717) is 72.3 Å². The van der Waals surface area contributed by atoms with Crippen molar-refractivity contribution in [2.75, 3.05) is 240 Å². The number of sulfone groups is 2. The molecule has 0 aliphatic carbocycles. The number of carbonyl (C=O) groups excluding carboxylic acids is 3. The van der Waals surface area contributed by atoms with Crippen LogP contribution >= 0.6 is 0 Å². The molecule has 96 heavy (non-hydrogen) atoms. The number of amides is 3. The molecule has 11 aliphatic heterocycles. The van der Waals surface area contributed by atoms with Gasteiger partial charge in [0, 0.05) is 200 Å². The van der Waals surface area contributed by atoms with Crippen molar-refractivity contribution in [3.05, 3.63) is 0 Å². The van der Waals surface area contributed by atoms with Crippen molar-refractivity contribution in [3.63, 3.8) is 0 Å². The Morgan fingerprint density at radius 3 is 1.19 bits per heavy atom. The number of rotatable bonds is 20. The minimum absolute atomic E-state index is 0.179. The summed E-state index contributed by atoms with van der Waals surface area (Å²) in [4.78, 5) is 63.0. The summed E-state index contributed by atoms with van der Waals surface area (Å²) in [6, 6.07) is 3.57. The van der Waals surface area contributed by atoms with Gasteiger partial charge in [0.25, 0.3) is 0 Å². The van der Waals surface area contributed by atoms with Crippen LogP contribution in [0, 0.1) is 35.5 Å². The number of likely N-dealkylation sites (tertiary alicyclic amines) is 6. The Kier molecular flexibility index (Phi) is 34.5. The van der Waals surface area contributed by atoms with Crippen LogP contribution in [0.1, 0.15) is 123 Å². The standard InChI is InChI=1S/C13H26N2O2S.C13H24N2O2.C12H25N3O.C11H21N3O.C11H22N2O2S.C11H22N2O/c1-12(2)11-14-5-3-13(4-6-14)15-7-9-18(16,17)10-8-15;1-11(2)9-14-5-3-12(4-6-14)15-7-8-17-10-13(15)16;1-9(2)6-15-7-10(8-15)14(5)12(3,4)11(13)16;1-9(2)5-13-6-10(7-13)14-4-3-12-11(15)8-14;1-10(2)7-12-8-11(9-12)13-3-5-16(14,15)6-4-13;1-10(2)7-12-8-11(9-12)13-3-5-14-6-4-13/h12-13H,3-11H2,1-2H3;11-12H,3-10H2,1-2H3;9-10H,6-8H2,1-5H3,(H2,13,16);9-10H,3-8H2,1-2H3,(H,12,15);10-11H,3-9H2,1-2H3;10-11H,3-9H2,1-2H3. The van der Waals surface area contributed by atoms with Crippen LogP contribution in [-0.2, 0) is 43.5 Å². The number of morpholine rings is 2. The number of nitrogens with two attached hydrogens (primary N) is 1. The molecule has 11 aliphatic rings. The van der Waals surface area contributed by atoms with Gasteiger partial charge in [-0.15, -0.1) is 0 Å². The molecule has 0 radical (unpaired) electrons. The second-order valence-corrected chi connectivity index (χ2v) is 37.5. The number of hydrogen-bond donors (Lipinski definition) is 2. The lowest BCUT2D eigenvalue weighted by Crippen LogP contribution is -2.66. The minimum atomic E-state index is -2.73. The van der Waals surface area contributed by atoms with E-state index in [4.69, 9.17) is 15.2 Å². The van der Waals surface area contributed by atoms with Gasteiger partial charge in [-0.1, -0.05) is 83.1 Å². The molecule has 0 saturated carbocycles. The van der Waals surface area contributed by atoms with Gasteiger partial charge in [0.2, 0.25) is 17.7 Å². The summed E-state index contributed by atoms with van der Waals surface area (Å²) in [6.07, 6.45) is 4.65. The van der Waals surface area contributed by atoms with E-state index in [1.807, 2.05) is 25.8 Å². The van der Waals surface area contributed by atoms with Crippen molar-refractivity contribution in [1.82, 2.24) is 64.1 Å². The van der Waals surface area contributed by atoms with Crippen molar-refractivity contribution in [1.29, 1.82) is 0 Å². The molecule has 11 heterocycles. The first kappa shape index (κ1) is 82.7. The minimum Gasteiger partial charge on any atom is -0.379 e. The fraction of sp³-hybridized carbons (Fsp3) is 0.958. The number of likely N-dealkylation sites (N-methyl/N-ethyl adjacent to an activating group) is 1. The maximum Gasteiger partial charge on any atom is 0.248 e. The Morgan fingerprint density at radius 1 is 0.469 bits per heavy atom. The molecular weight excluding hydrogens is 1260 g/mol. The SMILES string of the molecule is CC(C)CN1CC(N(C)C(C)(C)C(N)=O)C1.CC(C)CN1CC(N2CCNC(=O)C2)C1.CC(C)CN1CC(N2CCOCC2)C1.CC(C)CN1CC(N2CCS(=O)(=O)CC2)C1.CC(C)CN1CCC(N2CCOCC2=O)CC1.CC(C)CN1CCC(N2CCS(=O)(=O)CC2)CC1. The number of primary amides is 1. The first-order valence-electron chi connectivity index (χ1n) is 37.7. The average Bonchev–Trinajstić information content (AvgIpc) is 0.817. The lowest BCUT2D eigenvalue weighted by atomic mass is 9.96. The number of nitrogens with one attached hydrogen (secondary N) is 1. The highest BCUT2D eigenvalue weighted by Crippen LogP contribution is 2.26. The highest BCUT2D eigenvalue weighted by molar-refractivity contribution is 7.91. The first-order valence-corrected chi connectivity index (χ1v) is 41.3. The number of carbonyl (C=O) groups is 3. The highest BCUT2D eigenvalue weighted by atomic mass is 32.2. The third kappa shape index (κ3) is 28.6. The van der Waals surface area contributed by atoms with Crippen molar-refractivity contribution >= 4 is 37.4 Å². The predicted octanol–water partition coefficient (Wildman–Crippen LogP) is 2.80. The van der Waals surface area contributed by atoms with Gasteiger partial charge in [-0.05, 0) is 95.2 Å². The number of ether oxygens (including phenoxy) is 2. The smallest absolute Gasteiger partial charge is 0.248 e. The van der Waals surface area contributed by atoms with Crippen LogP contribution in [0.5, 0.6) is 0 Å². The fourth-order valence-corrected chi connectivity index (χ4v) is 17.8. The van der Waals surface area contributed by atoms with E-state index < -0.39 is 25.2 Å². The summed E-state index contributed by atoms with van der Waals surface area (Å²) in [5.41, 5.74) is 4.86. The van der Waals surface area contributed by atoms with Crippen LogP contribution in [0.25, 0.3) is 0 Å². The van der Waals surface area contributed by atoms with Crippen LogP contribution < -0.4 is 11.1 Å². The molecule has 23 nitrogen and oxygen atoms in total. The molecule has 25 heteroatoms. The van der Waals surface area contributed by atoms with E-state index in [9.17, 15) is 31.2 Å². The normalized spacial score (nSPS) is 25.3. The van der Waals surface area contributed by atoms with Crippen LogP contribution in [0.15, 0.2) is 0 Å². The van der Waals surface area contributed by atoms with Crippen molar-refractivity contribution in [2.24, 2.45) is 41.2 Å². The fourth-order valence-electron chi connectivity index (χ4n) is 15.3. The Balaban J connectivity index is 0.000000182. The van der Waals surface area contributed by atoms with Crippen molar-refractivity contribution < 1.29 is 40.7 Å². The van der Waals surface area contributed by atoms with Gasteiger partial charge in [-0.25, -0.2) is 16.8 Å². The summed E-state index contributed by atoms with van der Waals surface area (Å²) in [5.74, 6) is 5.99. The van der Waals surface area contributed by atoms with Gasteiger partial charge in [-0.3, -0.25) is 58.5 Å². The second-order valence-electron chi connectivity index (χ2n) is 32.9. The second kappa shape index (κ2) is 40.0. The topological polar surface area (TPSA) is 215 Å². The maximum atomic E-state index is 11.7. The molecule has 560 valence electrons. The molecule has 0 aromatic heterocycles. The molecule has 11 rings (SSSR count). The zero-order chi connectivity index (χ0) is 70.5. The van der Waals surface area contributed by atoms with Gasteiger partial charge >= 0.3 is 0 Å². The molecule has 0 bridgehead atoms. The number of piperazine rings is 1. The summed E-state index contributed by atoms with van der Waals surface area (Å²) < 4.78 is 56.0. The molecular formula is C71H140N14O9S2. The Labute approximate surface area is 584 Å². The number of hydrogen-bond acceptors (Lipinski definition) is 20. The summed E-state index contributed by atoms with van der Waals surface area (Å²) in [6.45, 7) is 63.1. The van der Waals surface area contributed by atoms with E-state index in [1.165, 1.54) is 71.7 Å². The van der Waals surface area contributed by atoms with E-state index in [1.54, 1.807) is 0 Å². The quantitative estimate of drug-likeness (QED) is 0.179. The van der Waals surface area contributed by atoms with Gasteiger partial charge in [0.05, 0.1) is 54.9 Å². The third-order valence-corrected chi connectivity index (χ3v) is 24.3. The van der Waals surface area contributed by atoms with E-state index >= 15 is 0 Å². The average molecular weight is 1400 g/mol. The third-order valence-electron chi connectivity index (χ3n) is 21.0. The first-order chi connectivity index (χ1) is 45.2. The van der Waals surface area contributed by atoms with E-state index in [0.717, 1.165) is 179 Å². The van der Waals surface area contributed by atoms with Gasteiger partial charge < -0.3 is 35.2 Å². The Hall–Kier alpha value is -2.21. The molecule has 3 N–H and O–H groups in total. The molecule has 0 atom stereocenters. The summed E-state index contributed by atoms with van der Waals surface area (Å²) in [7, 11) is -3.47. The predicted molar refractivity (Wildman–Crippen MR) is 390 cm³/mol. The lowest BCUT2D eigenvalue weighted by molar-refractivity contribution is -0.146. The van der Waals surface area contributed by atoms with E-state index in [-0.39, 0.29) is 24.3 Å². The van der Waals surface area contributed by atoms with Gasteiger partial charge in [-0.2, -0.15) is 0 Å². The van der Waals surface area contributed by atoms with Gasteiger partial charge in [0.1, 0.15) is 6.61 Å². The Bertz CT molecular complexity index is 2460. The maximum absolute atomic E-state index is 11.7. The monoisotopic (exact) mass is 1400 g/mol. The zero-order valence-electron chi connectivity index (χ0n) is 63.1. The summed E-state index contributed by atoms with van der Waals surface area (Å²) >= 11 is 0. The summed E-state index contributed by atoms with van der Waals surface area (Å²) in [5, 5.41) is 2.86. The largest absolute Gasteiger partial charge is 0.379 e. The highest BCUT2D eigenvalue weighted by Gasteiger charge is 2.41. The molecule has 0 unspecified atom stereocenters. The number of nitrogens with zero attached hydrogens (tertiary/aromatic N) is 12. The molecule has 0 aromatic rings. The van der Waals surface area contributed by atoms with E-state index in [2.05, 4.69) is 142 Å². The molecule has 0 aromatic carbocycles. The Morgan fingerprint density at radius 2 is 0.812 bits per heavy atom. The van der Waals surface area contributed by atoms with Crippen molar-refractivity contribution in [2.45, 2.75) is 164 Å². The van der Waals surface area contributed by atoms with Gasteiger partial charge in [0.15, 0.2) is 19.7 Å². The zero-order valence-corrected chi connectivity index (χ0v) is 64.8. The van der Waals surface area contributed by atoms with Crippen LogP contribution in [-0.4, -0.2) is 375 Å². The van der Waals surface area contributed by atoms with Crippen LogP contribution in [0.4, 0.5) is 0 Å². The lowest BCUT2D eigenvalue weighted by Gasteiger charge is -2.49. The molecule has 11 saturated heterocycles. The van der Waals surface area contributed by atoms with Crippen LogP contribution in [0.3, 0.4) is 0 Å². The van der Waals surface area contributed by atoms with Crippen molar-refractivity contribution in [3.8, 4) is 0 Å².